The summed E-state index contributed by atoms with van der Waals surface area (Å²) in [6.45, 7) is 0.762. The number of carbonyl (C=O) groups excluding carboxylic acids is 1. The van der Waals surface area contributed by atoms with Crippen molar-refractivity contribution in [1.29, 1.82) is 0 Å². The number of alkyl halides is 1. The highest BCUT2D eigenvalue weighted by Gasteiger charge is 2.13. The monoisotopic (exact) mass is 305 g/mol. The molecule has 1 atom stereocenters. The van der Waals surface area contributed by atoms with Gasteiger partial charge in [-0.2, -0.15) is 0 Å². The van der Waals surface area contributed by atoms with Crippen molar-refractivity contribution in [3.05, 3.63) is 29.6 Å². The number of hydrogen-bond acceptors (Lipinski definition) is 3. The molecule has 2 N–H and O–H groups in total. The van der Waals surface area contributed by atoms with Crippen molar-refractivity contribution in [3.63, 3.8) is 0 Å². The lowest BCUT2D eigenvalue weighted by atomic mass is 10.2. The van der Waals surface area contributed by atoms with Crippen LogP contribution in [0.4, 0.5) is 4.39 Å². The lowest BCUT2D eigenvalue weighted by molar-refractivity contribution is 0.0947. The maximum absolute atomic E-state index is 12.9. The van der Waals surface area contributed by atoms with Crippen LogP contribution in [0, 0.1) is 5.82 Å². The number of hydrogen-bond donors (Lipinski definition) is 2. The Morgan fingerprint density at radius 1 is 1.65 bits per heavy atom. The smallest absolute Gasteiger partial charge is 0.255 e. The molecule has 0 spiro atoms. The van der Waals surface area contributed by atoms with Gasteiger partial charge in [-0.25, -0.2) is 4.39 Å². The Labute approximate surface area is 107 Å². The zero-order chi connectivity index (χ0) is 12.8. The fourth-order valence-electron chi connectivity index (χ4n) is 1.23. The van der Waals surface area contributed by atoms with E-state index in [1.165, 1.54) is 0 Å². The molecule has 4 nitrogen and oxygen atoms in total. The molecule has 0 bridgehead atoms. The van der Waals surface area contributed by atoms with E-state index in [-0.39, 0.29) is 16.1 Å². The van der Waals surface area contributed by atoms with Gasteiger partial charge < -0.3 is 15.2 Å². The summed E-state index contributed by atoms with van der Waals surface area (Å²) < 4.78 is 17.8. The molecule has 94 valence electrons. The number of ether oxygens (including phenoxy) is 1. The summed E-state index contributed by atoms with van der Waals surface area (Å²) in [4.78, 5) is 11.6. The van der Waals surface area contributed by atoms with Crippen molar-refractivity contribution in [3.8, 4) is 5.75 Å². The number of benzene rings is 1. The number of amides is 1. The minimum absolute atomic E-state index is 0.0350. The summed E-state index contributed by atoms with van der Waals surface area (Å²) in [6, 6.07) is 3.22. The van der Waals surface area contributed by atoms with Crippen LogP contribution in [0.25, 0.3) is 0 Å². The predicted octanol–water partition coefficient (Wildman–Crippen LogP) is 1.67. The molecule has 0 saturated carbocycles. The minimum atomic E-state index is -0.569. The molecule has 0 heterocycles. The van der Waals surface area contributed by atoms with E-state index in [0.717, 1.165) is 18.2 Å². The number of halogens is 2. The van der Waals surface area contributed by atoms with Crippen LogP contribution in [0.3, 0.4) is 0 Å². The zero-order valence-electron chi connectivity index (χ0n) is 9.24. The molecule has 0 aromatic heterocycles. The third kappa shape index (κ3) is 4.32. The average molecular weight is 306 g/mol. The number of carbonyl (C=O) groups is 1. The second kappa shape index (κ2) is 6.56. The molecule has 0 aliphatic carbocycles. The molecule has 0 aliphatic rings. The molecular weight excluding hydrogens is 293 g/mol. The molecule has 17 heavy (non-hydrogen) atoms. The largest absolute Gasteiger partial charge is 0.507 e. The fraction of sp³-hybridized carbons (Fsp3) is 0.364. The Kier molecular flexibility index (Phi) is 5.37. The van der Waals surface area contributed by atoms with Gasteiger partial charge in [-0.1, -0.05) is 15.9 Å². The number of nitrogens with one attached hydrogen (secondary N) is 1. The van der Waals surface area contributed by atoms with Crippen molar-refractivity contribution in [1.82, 2.24) is 5.32 Å². The molecular formula is C11H13BrFNO3. The Bertz CT molecular complexity index is 400. The molecule has 0 saturated heterocycles. The Hall–Kier alpha value is -1.14. The first-order valence-corrected chi connectivity index (χ1v) is 5.86. The van der Waals surface area contributed by atoms with E-state index in [1.807, 2.05) is 0 Å². The molecule has 0 radical (unpaired) electrons. The maximum atomic E-state index is 12.9. The van der Waals surface area contributed by atoms with E-state index in [1.54, 1.807) is 7.11 Å². The van der Waals surface area contributed by atoms with Gasteiger partial charge in [-0.15, -0.1) is 0 Å². The molecule has 1 aromatic rings. The van der Waals surface area contributed by atoms with Crippen LogP contribution in [-0.4, -0.2) is 36.1 Å². The molecule has 1 aromatic carbocycles. The Morgan fingerprint density at radius 3 is 3.00 bits per heavy atom. The van der Waals surface area contributed by atoms with Crippen LogP contribution < -0.4 is 5.32 Å². The van der Waals surface area contributed by atoms with Gasteiger partial charge in [0.05, 0.1) is 17.0 Å². The van der Waals surface area contributed by atoms with E-state index in [4.69, 9.17) is 4.74 Å². The fourth-order valence-corrected chi connectivity index (χ4v) is 1.65. The number of methoxy groups -OCH3 is 1. The summed E-state index contributed by atoms with van der Waals surface area (Å²) >= 11 is 3.30. The van der Waals surface area contributed by atoms with Crippen molar-refractivity contribution < 1.29 is 19.0 Å². The first-order chi connectivity index (χ1) is 8.04. The highest BCUT2D eigenvalue weighted by Crippen LogP contribution is 2.17. The van der Waals surface area contributed by atoms with E-state index in [0.29, 0.717) is 13.2 Å². The average Bonchev–Trinajstić information content (AvgIpc) is 2.29. The highest BCUT2D eigenvalue weighted by molar-refractivity contribution is 9.09. The second-order valence-electron chi connectivity index (χ2n) is 3.42. The molecule has 1 amide bonds. The second-order valence-corrected chi connectivity index (χ2v) is 4.72. The van der Waals surface area contributed by atoms with Crippen LogP contribution in [0.15, 0.2) is 18.2 Å². The van der Waals surface area contributed by atoms with Gasteiger partial charge in [0.15, 0.2) is 0 Å². The van der Waals surface area contributed by atoms with Gasteiger partial charge in [0.25, 0.3) is 5.91 Å². The van der Waals surface area contributed by atoms with Gasteiger partial charge >= 0.3 is 0 Å². The lowest BCUT2D eigenvalue weighted by Crippen LogP contribution is -2.31. The number of phenolic OH excluding ortho intramolecular Hbond substituents is 1. The Balaban J connectivity index is 2.61. The number of rotatable bonds is 5. The summed E-state index contributed by atoms with van der Waals surface area (Å²) in [6.07, 6.45) is 0. The van der Waals surface area contributed by atoms with Crippen LogP contribution in [0.5, 0.6) is 5.75 Å². The highest BCUT2D eigenvalue weighted by atomic mass is 79.9. The van der Waals surface area contributed by atoms with Crippen LogP contribution >= 0.6 is 15.9 Å². The van der Waals surface area contributed by atoms with Gasteiger partial charge in [0.2, 0.25) is 0 Å². The quantitative estimate of drug-likeness (QED) is 0.814. The topological polar surface area (TPSA) is 58.6 Å². The molecule has 1 unspecified atom stereocenters. The van der Waals surface area contributed by atoms with Gasteiger partial charge in [0.1, 0.15) is 11.6 Å². The van der Waals surface area contributed by atoms with Crippen molar-refractivity contribution in [2.45, 2.75) is 4.83 Å². The van der Waals surface area contributed by atoms with Crippen LogP contribution in [0.1, 0.15) is 10.4 Å². The summed E-state index contributed by atoms with van der Waals surface area (Å²) in [5, 5.41) is 12.0. The van der Waals surface area contributed by atoms with Gasteiger partial charge in [-0.05, 0) is 18.2 Å². The van der Waals surface area contributed by atoms with Gasteiger partial charge in [-0.3, -0.25) is 4.79 Å². The Morgan fingerprint density at radius 2 is 2.35 bits per heavy atom. The van der Waals surface area contributed by atoms with E-state index in [2.05, 4.69) is 21.2 Å². The van der Waals surface area contributed by atoms with Crippen LogP contribution in [0.2, 0.25) is 0 Å². The summed E-state index contributed by atoms with van der Waals surface area (Å²) in [5.74, 6) is -1.34. The standard InChI is InChI=1S/C11H13BrFNO3/c1-17-6-7(12)5-14-11(16)9-4-8(13)2-3-10(9)15/h2-4,7,15H,5-6H2,1H3,(H,14,16). The molecule has 1 rings (SSSR count). The van der Waals surface area contributed by atoms with E-state index in [9.17, 15) is 14.3 Å². The third-order valence-electron chi connectivity index (χ3n) is 2.03. The molecule has 0 aliphatic heterocycles. The number of aromatic hydroxyl groups is 1. The predicted molar refractivity (Wildman–Crippen MR) is 65.0 cm³/mol. The van der Waals surface area contributed by atoms with Gasteiger partial charge in [0, 0.05) is 13.7 Å². The van der Waals surface area contributed by atoms with Crippen molar-refractivity contribution in [2.75, 3.05) is 20.3 Å². The summed E-state index contributed by atoms with van der Waals surface area (Å²) in [5.41, 5.74) is -0.0814. The lowest BCUT2D eigenvalue weighted by Gasteiger charge is -2.10. The van der Waals surface area contributed by atoms with Crippen molar-refractivity contribution in [2.24, 2.45) is 0 Å². The van der Waals surface area contributed by atoms with Crippen molar-refractivity contribution >= 4 is 21.8 Å². The number of phenols is 1. The third-order valence-corrected chi connectivity index (χ3v) is 2.62. The molecule has 0 fully saturated rings. The first kappa shape index (κ1) is 13.9. The van der Waals surface area contributed by atoms with Crippen LogP contribution in [-0.2, 0) is 4.74 Å². The minimum Gasteiger partial charge on any atom is -0.507 e. The first-order valence-electron chi connectivity index (χ1n) is 4.94. The summed E-state index contributed by atoms with van der Waals surface area (Å²) in [7, 11) is 1.55. The zero-order valence-corrected chi connectivity index (χ0v) is 10.8. The SMILES string of the molecule is COCC(Br)CNC(=O)c1cc(F)ccc1O. The normalized spacial score (nSPS) is 12.2. The van der Waals surface area contributed by atoms with E-state index >= 15 is 0 Å². The molecule has 6 heteroatoms. The van der Waals surface area contributed by atoms with E-state index < -0.39 is 11.7 Å². The maximum Gasteiger partial charge on any atom is 0.255 e.